The second-order valence-corrected chi connectivity index (χ2v) is 6.57. The predicted octanol–water partition coefficient (Wildman–Crippen LogP) is 4.45. The molecule has 1 N–H and O–H groups in total. The van der Waals surface area contributed by atoms with E-state index < -0.39 is 0 Å². The smallest absolute Gasteiger partial charge is 0.174 e. The summed E-state index contributed by atoms with van der Waals surface area (Å²) in [6.07, 6.45) is 0. The average molecular weight is 329 g/mol. The molecule has 0 saturated heterocycles. The van der Waals surface area contributed by atoms with E-state index in [-0.39, 0.29) is 5.54 Å². The van der Waals surface area contributed by atoms with E-state index in [0.29, 0.717) is 34.7 Å². The predicted molar refractivity (Wildman–Crippen MR) is 83.9 cm³/mol. The van der Waals surface area contributed by atoms with Crippen molar-refractivity contribution in [3.8, 4) is 5.75 Å². The Hall–Kier alpha value is -1.23. The zero-order chi connectivity index (χ0) is 15.5. The van der Waals surface area contributed by atoms with Gasteiger partial charge >= 0.3 is 0 Å². The van der Waals surface area contributed by atoms with Gasteiger partial charge in [0.05, 0.1) is 15.7 Å². The molecule has 1 heterocycles. The highest BCUT2D eigenvalue weighted by molar-refractivity contribution is 6.42. The molecule has 2 aromatic rings. The SMILES string of the molecule is CC(C)(C)NCc1cc(COc2ccc(Cl)c(Cl)c2)on1. The van der Waals surface area contributed by atoms with Crippen LogP contribution in [-0.4, -0.2) is 10.7 Å². The molecule has 0 bridgehead atoms. The summed E-state index contributed by atoms with van der Waals surface area (Å²) in [5.41, 5.74) is 0.882. The molecular weight excluding hydrogens is 311 g/mol. The fourth-order valence-electron chi connectivity index (χ4n) is 1.58. The third-order valence-electron chi connectivity index (χ3n) is 2.68. The van der Waals surface area contributed by atoms with Gasteiger partial charge in [0, 0.05) is 24.2 Å². The van der Waals surface area contributed by atoms with Gasteiger partial charge in [0.1, 0.15) is 12.4 Å². The molecular formula is C15H18Cl2N2O2. The van der Waals surface area contributed by atoms with Crippen molar-refractivity contribution in [3.05, 3.63) is 45.8 Å². The summed E-state index contributed by atoms with van der Waals surface area (Å²) in [7, 11) is 0. The molecule has 21 heavy (non-hydrogen) atoms. The molecule has 6 heteroatoms. The van der Waals surface area contributed by atoms with Gasteiger partial charge in [-0.25, -0.2) is 0 Å². The van der Waals surface area contributed by atoms with Crippen LogP contribution in [-0.2, 0) is 13.2 Å². The molecule has 0 radical (unpaired) electrons. The zero-order valence-corrected chi connectivity index (χ0v) is 13.8. The van der Waals surface area contributed by atoms with Gasteiger partial charge in [0.25, 0.3) is 0 Å². The number of halogens is 2. The normalized spacial score (nSPS) is 11.7. The third kappa shape index (κ3) is 5.23. The largest absolute Gasteiger partial charge is 0.485 e. The molecule has 0 fully saturated rings. The Morgan fingerprint density at radius 1 is 1.19 bits per heavy atom. The minimum atomic E-state index is 0.0374. The molecule has 4 nitrogen and oxygen atoms in total. The van der Waals surface area contributed by atoms with E-state index in [9.17, 15) is 0 Å². The maximum Gasteiger partial charge on any atom is 0.174 e. The van der Waals surface area contributed by atoms with Gasteiger partial charge < -0.3 is 14.6 Å². The van der Waals surface area contributed by atoms with Crippen LogP contribution < -0.4 is 10.1 Å². The van der Waals surface area contributed by atoms with E-state index in [4.69, 9.17) is 32.5 Å². The molecule has 1 aromatic heterocycles. The quantitative estimate of drug-likeness (QED) is 0.880. The molecule has 1 aromatic carbocycles. The highest BCUT2D eigenvalue weighted by Crippen LogP contribution is 2.26. The minimum absolute atomic E-state index is 0.0374. The monoisotopic (exact) mass is 328 g/mol. The van der Waals surface area contributed by atoms with E-state index in [2.05, 4.69) is 31.2 Å². The summed E-state index contributed by atoms with van der Waals surface area (Å²) >= 11 is 11.8. The standard InChI is InChI=1S/C15H18Cl2N2O2/c1-15(2,3)18-8-10-6-12(21-19-10)9-20-11-4-5-13(16)14(17)7-11/h4-7,18H,8-9H2,1-3H3. The van der Waals surface area contributed by atoms with E-state index in [0.717, 1.165) is 5.69 Å². The molecule has 0 aliphatic heterocycles. The fraction of sp³-hybridized carbons (Fsp3) is 0.400. The lowest BCUT2D eigenvalue weighted by molar-refractivity contribution is 0.248. The van der Waals surface area contributed by atoms with Crippen LogP contribution in [0.2, 0.25) is 10.0 Å². The summed E-state index contributed by atoms with van der Waals surface area (Å²) in [6.45, 7) is 7.24. The van der Waals surface area contributed by atoms with Crippen LogP contribution in [0.15, 0.2) is 28.8 Å². The number of rotatable bonds is 5. The van der Waals surface area contributed by atoms with Gasteiger partial charge in [-0.15, -0.1) is 0 Å². The van der Waals surface area contributed by atoms with Crippen LogP contribution in [0.1, 0.15) is 32.2 Å². The summed E-state index contributed by atoms with van der Waals surface area (Å²) in [4.78, 5) is 0. The Bertz CT molecular complexity index is 606. The van der Waals surface area contributed by atoms with Crippen molar-refractivity contribution in [1.29, 1.82) is 0 Å². The lowest BCUT2D eigenvalue weighted by atomic mass is 10.1. The number of hydrogen-bond donors (Lipinski definition) is 1. The van der Waals surface area contributed by atoms with E-state index in [1.807, 2.05) is 6.07 Å². The number of nitrogens with one attached hydrogen (secondary N) is 1. The second-order valence-electron chi connectivity index (χ2n) is 5.75. The molecule has 0 aliphatic rings. The summed E-state index contributed by atoms with van der Waals surface area (Å²) in [5.74, 6) is 1.29. The maximum absolute atomic E-state index is 5.93. The molecule has 0 unspecified atom stereocenters. The van der Waals surface area contributed by atoms with Gasteiger partial charge in [-0.1, -0.05) is 28.4 Å². The van der Waals surface area contributed by atoms with Crippen molar-refractivity contribution in [3.63, 3.8) is 0 Å². The van der Waals surface area contributed by atoms with Gasteiger partial charge in [0.15, 0.2) is 5.76 Å². The Labute approximate surface area is 134 Å². The molecule has 0 atom stereocenters. The van der Waals surface area contributed by atoms with Crippen molar-refractivity contribution in [2.24, 2.45) is 0 Å². The van der Waals surface area contributed by atoms with E-state index in [1.165, 1.54) is 0 Å². The van der Waals surface area contributed by atoms with Gasteiger partial charge in [-0.05, 0) is 32.9 Å². The first-order valence-corrected chi connectivity index (χ1v) is 7.36. The van der Waals surface area contributed by atoms with Crippen molar-refractivity contribution >= 4 is 23.2 Å². The summed E-state index contributed by atoms with van der Waals surface area (Å²) in [5, 5.41) is 8.30. The highest BCUT2D eigenvalue weighted by atomic mass is 35.5. The Balaban J connectivity index is 1.89. The van der Waals surface area contributed by atoms with Gasteiger partial charge in [0.2, 0.25) is 0 Å². The molecule has 0 saturated carbocycles. The lowest BCUT2D eigenvalue weighted by Gasteiger charge is -2.19. The molecule has 0 spiro atoms. The van der Waals surface area contributed by atoms with Crippen molar-refractivity contribution in [1.82, 2.24) is 10.5 Å². The van der Waals surface area contributed by atoms with Crippen LogP contribution in [0.25, 0.3) is 0 Å². The number of ether oxygens (including phenoxy) is 1. The van der Waals surface area contributed by atoms with Gasteiger partial charge in [-0.2, -0.15) is 0 Å². The molecule has 114 valence electrons. The average Bonchev–Trinajstić information content (AvgIpc) is 2.85. The van der Waals surface area contributed by atoms with Crippen LogP contribution in [0.3, 0.4) is 0 Å². The number of nitrogens with zero attached hydrogens (tertiary/aromatic N) is 1. The van der Waals surface area contributed by atoms with Crippen molar-refractivity contribution in [2.75, 3.05) is 0 Å². The molecule has 2 rings (SSSR count). The first kappa shape index (κ1) is 16.1. The van der Waals surface area contributed by atoms with Crippen LogP contribution >= 0.6 is 23.2 Å². The van der Waals surface area contributed by atoms with Crippen LogP contribution in [0.5, 0.6) is 5.75 Å². The van der Waals surface area contributed by atoms with Crippen molar-refractivity contribution in [2.45, 2.75) is 39.5 Å². The first-order valence-electron chi connectivity index (χ1n) is 6.61. The number of benzene rings is 1. The Morgan fingerprint density at radius 3 is 2.62 bits per heavy atom. The van der Waals surface area contributed by atoms with Crippen LogP contribution in [0.4, 0.5) is 0 Å². The maximum atomic E-state index is 5.93. The third-order valence-corrected chi connectivity index (χ3v) is 3.42. The minimum Gasteiger partial charge on any atom is -0.485 e. The highest BCUT2D eigenvalue weighted by Gasteiger charge is 2.11. The zero-order valence-electron chi connectivity index (χ0n) is 12.2. The second kappa shape index (κ2) is 6.69. The summed E-state index contributed by atoms with van der Waals surface area (Å²) in [6, 6.07) is 6.99. The van der Waals surface area contributed by atoms with E-state index in [1.54, 1.807) is 18.2 Å². The Morgan fingerprint density at radius 2 is 1.95 bits per heavy atom. The topological polar surface area (TPSA) is 47.3 Å². The van der Waals surface area contributed by atoms with Crippen molar-refractivity contribution < 1.29 is 9.26 Å². The number of aromatic nitrogens is 1. The number of hydrogen-bond acceptors (Lipinski definition) is 4. The first-order chi connectivity index (χ1) is 9.83. The Kier molecular flexibility index (Phi) is 5.14. The fourth-order valence-corrected chi connectivity index (χ4v) is 1.87. The summed E-state index contributed by atoms with van der Waals surface area (Å²) < 4.78 is 10.8. The van der Waals surface area contributed by atoms with Crippen LogP contribution in [0, 0.1) is 0 Å². The molecule has 0 aliphatic carbocycles. The molecule has 0 amide bonds. The lowest BCUT2D eigenvalue weighted by Crippen LogP contribution is -2.35. The van der Waals surface area contributed by atoms with E-state index >= 15 is 0 Å². The van der Waals surface area contributed by atoms with Gasteiger partial charge in [-0.3, -0.25) is 0 Å².